The summed E-state index contributed by atoms with van der Waals surface area (Å²) >= 11 is 0. The van der Waals surface area contributed by atoms with Gasteiger partial charge in [-0.15, -0.1) is 0 Å². The molecule has 104 valence electrons. The van der Waals surface area contributed by atoms with Crippen LogP contribution in [0.3, 0.4) is 0 Å². The van der Waals surface area contributed by atoms with Crippen LogP contribution in [0.4, 0.5) is 5.69 Å². The van der Waals surface area contributed by atoms with Gasteiger partial charge in [0, 0.05) is 5.69 Å². The molecule has 0 unspecified atom stereocenters. The molecule has 0 aliphatic heterocycles. The van der Waals surface area contributed by atoms with Crippen LogP contribution in [-0.4, -0.2) is 25.3 Å². The minimum atomic E-state index is -1.01. The zero-order chi connectivity index (χ0) is 14.7. The summed E-state index contributed by atoms with van der Waals surface area (Å²) in [6, 6.07) is 10.1. The topological polar surface area (TPSA) is 81.8 Å². The number of nitrogen functional groups attached to an aromatic ring is 1. The lowest BCUT2D eigenvalue weighted by Gasteiger charge is -2.10. The summed E-state index contributed by atoms with van der Waals surface area (Å²) in [5.74, 6) is 0.168. The van der Waals surface area contributed by atoms with Crippen molar-refractivity contribution >= 4 is 11.7 Å². The average Bonchev–Trinajstić information content (AvgIpc) is 2.45. The highest BCUT2D eigenvalue weighted by Crippen LogP contribution is 2.33. The van der Waals surface area contributed by atoms with E-state index in [2.05, 4.69) is 0 Å². The van der Waals surface area contributed by atoms with Gasteiger partial charge in [0.2, 0.25) is 0 Å². The van der Waals surface area contributed by atoms with Crippen molar-refractivity contribution in [2.45, 2.75) is 0 Å². The van der Waals surface area contributed by atoms with E-state index in [1.165, 1.54) is 6.07 Å². The van der Waals surface area contributed by atoms with Crippen molar-refractivity contribution in [2.75, 3.05) is 20.0 Å². The molecule has 2 rings (SSSR count). The minimum absolute atomic E-state index is 0.148. The molecule has 3 N–H and O–H groups in total. The van der Waals surface area contributed by atoms with Crippen LogP contribution < -0.4 is 15.2 Å². The number of carboxylic acids is 1. The molecule has 0 aliphatic carbocycles. The van der Waals surface area contributed by atoms with Gasteiger partial charge in [-0.05, 0) is 41.5 Å². The first-order chi connectivity index (χ1) is 9.55. The molecule has 0 radical (unpaired) electrons. The second-order valence-electron chi connectivity index (χ2n) is 4.22. The Morgan fingerprint density at radius 2 is 1.70 bits per heavy atom. The van der Waals surface area contributed by atoms with Gasteiger partial charge in [0.25, 0.3) is 0 Å². The van der Waals surface area contributed by atoms with Crippen molar-refractivity contribution in [3.63, 3.8) is 0 Å². The van der Waals surface area contributed by atoms with Crippen LogP contribution in [-0.2, 0) is 0 Å². The summed E-state index contributed by atoms with van der Waals surface area (Å²) < 4.78 is 10.4. The molecule has 0 aromatic heterocycles. The van der Waals surface area contributed by atoms with Crippen molar-refractivity contribution in [1.82, 2.24) is 0 Å². The molecule has 0 aliphatic rings. The molecule has 0 heterocycles. The van der Waals surface area contributed by atoms with Crippen LogP contribution in [0, 0.1) is 0 Å². The number of methoxy groups -OCH3 is 2. The summed E-state index contributed by atoms with van der Waals surface area (Å²) in [4.78, 5) is 11.1. The second-order valence-corrected chi connectivity index (χ2v) is 4.22. The summed E-state index contributed by atoms with van der Waals surface area (Å²) in [6.45, 7) is 0. The highest BCUT2D eigenvalue weighted by Gasteiger charge is 2.10. The van der Waals surface area contributed by atoms with E-state index in [1.54, 1.807) is 38.5 Å². The van der Waals surface area contributed by atoms with Crippen LogP contribution in [0.15, 0.2) is 36.4 Å². The van der Waals surface area contributed by atoms with Crippen LogP contribution in [0.2, 0.25) is 0 Å². The Morgan fingerprint density at radius 1 is 1.00 bits per heavy atom. The Kier molecular flexibility index (Phi) is 3.79. The van der Waals surface area contributed by atoms with Crippen molar-refractivity contribution < 1.29 is 19.4 Å². The highest BCUT2D eigenvalue weighted by atomic mass is 16.5. The number of carboxylic acid groups (broad SMARTS) is 1. The van der Waals surface area contributed by atoms with Gasteiger partial charge in [-0.1, -0.05) is 6.07 Å². The Balaban J connectivity index is 2.53. The van der Waals surface area contributed by atoms with Crippen molar-refractivity contribution in [3.05, 3.63) is 42.0 Å². The zero-order valence-corrected chi connectivity index (χ0v) is 11.2. The van der Waals surface area contributed by atoms with Crippen LogP contribution in [0.25, 0.3) is 11.1 Å². The number of nitrogens with two attached hydrogens (primary N) is 1. The first-order valence-electron chi connectivity index (χ1n) is 5.91. The lowest BCUT2D eigenvalue weighted by atomic mass is 10.0. The summed E-state index contributed by atoms with van der Waals surface area (Å²) in [7, 11) is 3.10. The SMILES string of the molecule is COc1ccc(-c2cc(N)cc(C(=O)O)c2)cc1OC. The minimum Gasteiger partial charge on any atom is -0.493 e. The van der Waals surface area contributed by atoms with Gasteiger partial charge in [-0.3, -0.25) is 0 Å². The molecule has 5 nitrogen and oxygen atoms in total. The van der Waals surface area contributed by atoms with E-state index in [1.807, 2.05) is 6.07 Å². The van der Waals surface area contributed by atoms with E-state index in [9.17, 15) is 4.79 Å². The number of rotatable bonds is 4. The first kappa shape index (κ1) is 13.7. The third-order valence-electron chi connectivity index (χ3n) is 2.92. The monoisotopic (exact) mass is 273 g/mol. The maximum atomic E-state index is 11.1. The summed E-state index contributed by atoms with van der Waals surface area (Å²) in [6.07, 6.45) is 0. The second kappa shape index (κ2) is 5.52. The quantitative estimate of drug-likeness (QED) is 0.837. The Labute approximate surface area is 116 Å². The van der Waals surface area contributed by atoms with Crippen LogP contribution in [0.5, 0.6) is 11.5 Å². The van der Waals surface area contributed by atoms with Gasteiger partial charge in [0.05, 0.1) is 19.8 Å². The predicted molar refractivity (Wildman–Crippen MR) is 76.4 cm³/mol. The number of ether oxygens (including phenoxy) is 2. The number of anilines is 1. The standard InChI is InChI=1S/C15H15NO4/c1-19-13-4-3-9(8-14(13)20-2)10-5-11(15(17)18)7-12(16)6-10/h3-8H,16H2,1-2H3,(H,17,18). The highest BCUT2D eigenvalue weighted by molar-refractivity contribution is 5.91. The fraction of sp³-hybridized carbons (Fsp3) is 0.133. The first-order valence-corrected chi connectivity index (χ1v) is 5.91. The lowest BCUT2D eigenvalue weighted by molar-refractivity contribution is 0.0697. The maximum Gasteiger partial charge on any atom is 0.335 e. The van der Waals surface area contributed by atoms with E-state index in [-0.39, 0.29) is 5.56 Å². The number of aromatic carboxylic acids is 1. The van der Waals surface area contributed by atoms with Gasteiger partial charge in [0.15, 0.2) is 11.5 Å². The molecule has 2 aromatic rings. The third-order valence-corrected chi connectivity index (χ3v) is 2.92. The fourth-order valence-electron chi connectivity index (χ4n) is 1.96. The predicted octanol–water partition coefficient (Wildman–Crippen LogP) is 2.65. The number of benzene rings is 2. The average molecular weight is 273 g/mol. The Bertz CT molecular complexity index is 652. The van der Waals surface area contributed by atoms with Gasteiger partial charge in [-0.25, -0.2) is 4.79 Å². The van der Waals surface area contributed by atoms with Crippen LogP contribution in [0.1, 0.15) is 10.4 Å². The number of hydrogen-bond donors (Lipinski definition) is 2. The Morgan fingerprint density at radius 3 is 2.30 bits per heavy atom. The number of carbonyl (C=O) groups is 1. The molecule has 5 heteroatoms. The molecule has 0 amide bonds. The molecule has 20 heavy (non-hydrogen) atoms. The third kappa shape index (κ3) is 2.66. The van der Waals surface area contributed by atoms with Crippen molar-refractivity contribution in [3.8, 4) is 22.6 Å². The van der Waals surface area contributed by atoms with Gasteiger partial charge in [0.1, 0.15) is 0 Å². The molecule has 0 spiro atoms. The normalized spacial score (nSPS) is 10.1. The lowest BCUT2D eigenvalue weighted by Crippen LogP contribution is -1.99. The molecule has 0 bridgehead atoms. The zero-order valence-electron chi connectivity index (χ0n) is 11.2. The van der Waals surface area contributed by atoms with E-state index in [0.717, 1.165) is 5.56 Å². The molecular formula is C15H15NO4. The van der Waals surface area contributed by atoms with Crippen molar-refractivity contribution in [1.29, 1.82) is 0 Å². The number of hydrogen-bond acceptors (Lipinski definition) is 4. The maximum absolute atomic E-state index is 11.1. The molecular weight excluding hydrogens is 258 g/mol. The van der Waals surface area contributed by atoms with Crippen molar-refractivity contribution in [2.24, 2.45) is 0 Å². The van der Waals surface area contributed by atoms with Gasteiger partial charge in [-0.2, -0.15) is 0 Å². The fourth-order valence-corrected chi connectivity index (χ4v) is 1.96. The summed E-state index contributed by atoms with van der Waals surface area (Å²) in [5.41, 5.74) is 7.80. The molecule has 2 aromatic carbocycles. The summed E-state index contributed by atoms with van der Waals surface area (Å²) in [5, 5.41) is 9.06. The van der Waals surface area contributed by atoms with Gasteiger partial charge >= 0.3 is 5.97 Å². The molecule has 0 saturated carbocycles. The van der Waals surface area contributed by atoms with E-state index < -0.39 is 5.97 Å². The molecule has 0 fully saturated rings. The van der Waals surface area contributed by atoms with Crippen LogP contribution >= 0.6 is 0 Å². The largest absolute Gasteiger partial charge is 0.493 e. The van der Waals surface area contributed by atoms with Gasteiger partial charge < -0.3 is 20.3 Å². The van der Waals surface area contributed by atoms with E-state index >= 15 is 0 Å². The van der Waals surface area contributed by atoms with E-state index in [0.29, 0.717) is 22.7 Å². The smallest absolute Gasteiger partial charge is 0.335 e. The molecule has 0 atom stereocenters. The Hall–Kier alpha value is -2.69. The molecule has 0 saturated heterocycles. The van der Waals surface area contributed by atoms with E-state index in [4.69, 9.17) is 20.3 Å².